The third-order valence-corrected chi connectivity index (χ3v) is 5.58. The zero-order chi connectivity index (χ0) is 20.1. The molecule has 1 heterocycles. The van der Waals surface area contributed by atoms with Gasteiger partial charge in [0.05, 0.1) is 5.71 Å². The molecule has 1 saturated heterocycles. The Labute approximate surface area is 174 Å². The Morgan fingerprint density at radius 3 is 2.03 bits per heavy atom. The molecular formula is C26H29N3. The van der Waals surface area contributed by atoms with Crippen molar-refractivity contribution in [3.05, 3.63) is 95.6 Å². The van der Waals surface area contributed by atoms with E-state index < -0.39 is 0 Å². The van der Waals surface area contributed by atoms with Crippen LogP contribution in [0, 0.1) is 6.92 Å². The van der Waals surface area contributed by atoms with Gasteiger partial charge in [-0.3, -0.25) is 9.91 Å². The zero-order valence-electron chi connectivity index (χ0n) is 17.4. The Hall–Kier alpha value is -2.91. The Kier molecular flexibility index (Phi) is 6.06. The van der Waals surface area contributed by atoms with Crippen LogP contribution in [-0.4, -0.2) is 41.8 Å². The number of rotatable bonds is 5. The molecule has 1 aliphatic heterocycles. The van der Waals surface area contributed by atoms with Gasteiger partial charge in [0.15, 0.2) is 0 Å². The van der Waals surface area contributed by atoms with Crippen molar-refractivity contribution >= 4 is 5.71 Å². The number of hydrogen-bond donors (Lipinski definition) is 0. The number of piperazine rings is 1. The highest BCUT2D eigenvalue weighted by atomic mass is 15.5. The van der Waals surface area contributed by atoms with Crippen LogP contribution < -0.4 is 0 Å². The predicted molar refractivity (Wildman–Crippen MR) is 122 cm³/mol. The second-order valence-electron chi connectivity index (χ2n) is 7.84. The third-order valence-electron chi connectivity index (χ3n) is 5.58. The van der Waals surface area contributed by atoms with Crippen molar-refractivity contribution in [3.8, 4) is 11.1 Å². The van der Waals surface area contributed by atoms with Crippen LogP contribution in [0.2, 0.25) is 0 Å². The first-order valence-corrected chi connectivity index (χ1v) is 10.4. The molecule has 0 radical (unpaired) electrons. The van der Waals surface area contributed by atoms with Crippen LogP contribution in [0.4, 0.5) is 0 Å². The SMILES string of the molecule is C/C(=N/N1CCN(Cc2ccc(C)cc2)CC1)c1ccc(-c2ccccc2)cc1. The van der Waals surface area contributed by atoms with Crippen molar-refractivity contribution in [3.63, 3.8) is 0 Å². The summed E-state index contributed by atoms with van der Waals surface area (Å²) in [6.07, 6.45) is 0. The molecule has 4 rings (SSSR count). The monoisotopic (exact) mass is 383 g/mol. The maximum absolute atomic E-state index is 4.89. The quantitative estimate of drug-likeness (QED) is 0.564. The van der Waals surface area contributed by atoms with E-state index in [4.69, 9.17) is 5.10 Å². The molecule has 0 saturated carbocycles. The predicted octanol–water partition coefficient (Wildman–Crippen LogP) is 5.20. The Morgan fingerprint density at radius 2 is 1.38 bits per heavy atom. The van der Waals surface area contributed by atoms with Gasteiger partial charge in [-0.25, -0.2) is 0 Å². The van der Waals surface area contributed by atoms with Crippen LogP contribution >= 0.6 is 0 Å². The largest absolute Gasteiger partial charge is 0.295 e. The molecule has 0 spiro atoms. The number of benzene rings is 3. The minimum Gasteiger partial charge on any atom is -0.295 e. The van der Waals surface area contributed by atoms with Crippen LogP contribution in [0.15, 0.2) is 84.0 Å². The first-order chi connectivity index (χ1) is 14.2. The smallest absolute Gasteiger partial charge is 0.0646 e. The molecule has 3 aromatic carbocycles. The average molecular weight is 384 g/mol. The first kappa shape index (κ1) is 19.4. The second kappa shape index (κ2) is 9.06. The molecule has 0 aliphatic carbocycles. The molecular weight excluding hydrogens is 354 g/mol. The number of hydrogen-bond acceptors (Lipinski definition) is 3. The van der Waals surface area contributed by atoms with Crippen LogP contribution in [0.1, 0.15) is 23.6 Å². The lowest BCUT2D eigenvalue weighted by molar-refractivity contribution is 0.130. The fraction of sp³-hybridized carbons (Fsp3) is 0.269. The fourth-order valence-electron chi connectivity index (χ4n) is 3.75. The van der Waals surface area contributed by atoms with Gasteiger partial charge in [-0.1, -0.05) is 84.4 Å². The fourth-order valence-corrected chi connectivity index (χ4v) is 3.75. The highest BCUT2D eigenvalue weighted by Crippen LogP contribution is 2.20. The van der Waals surface area contributed by atoms with Gasteiger partial charge in [0.1, 0.15) is 0 Å². The van der Waals surface area contributed by atoms with Gasteiger partial charge < -0.3 is 0 Å². The van der Waals surface area contributed by atoms with E-state index in [9.17, 15) is 0 Å². The summed E-state index contributed by atoms with van der Waals surface area (Å²) in [5.41, 5.74) is 7.47. The molecule has 3 nitrogen and oxygen atoms in total. The van der Waals surface area contributed by atoms with E-state index in [0.717, 1.165) is 38.4 Å². The minimum atomic E-state index is 0.977. The standard InChI is InChI=1S/C26H29N3/c1-21-8-10-23(11-9-21)20-28-16-18-29(19-17-28)27-22(2)24-12-14-26(15-13-24)25-6-4-3-5-7-25/h3-15H,16-20H2,1-2H3/b27-22-. The van der Waals surface area contributed by atoms with E-state index in [1.807, 2.05) is 0 Å². The number of nitrogens with zero attached hydrogens (tertiary/aromatic N) is 3. The average Bonchev–Trinajstić information content (AvgIpc) is 2.77. The maximum Gasteiger partial charge on any atom is 0.0646 e. The molecule has 0 aromatic heterocycles. The normalized spacial score (nSPS) is 15.5. The van der Waals surface area contributed by atoms with Crippen molar-refractivity contribution in [2.24, 2.45) is 5.10 Å². The molecule has 0 bridgehead atoms. The highest BCUT2D eigenvalue weighted by Gasteiger charge is 2.16. The summed E-state index contributed by atoms with van der Waals surface area (Å²) in [6, 6.07) is 28.1. The summed E-state index contributed by atoms with van der Waals surface area (Å²) < 4.78 is 0. The molecule has 0 amide bonds. The lowest BCUT2D eigenvalue weighted by atomic mass is 10.0. The molecule has 1 fully saturated rings. The van der Waals surface area contributed by atoms with Crippen molar-refractivity contribution < 1.29 is 0 Å². The van der Waals surface area contributed by atoms with Crippen LogP contribution in [0.3, 0.4) is 0 Å². The van der Waals surface area contributed by atoms with Gasteiger partial charge in [-0.15, -0.1) is 0 Å². The zero-order valence-corrected chi connectivity index (χ0v) is 17.4. The van der Waals surface area contributed by atoms with E-state index >= 15 is 0 Å². The molecule has 0 atom stereocenters. The van der Waals surface area contributed by atoms with Crippen LogP contribution in [0.25, 0.3) is 11.1 Å². The lowest BCUT2D eigenvalue weighted by Crippen LogP contribution is -2.43. The van der Waals surface area contributed by atoms with Crippen LogP contribution in [0.5, 0.6) is 0 Å². The molecule has 0 unspecified atom stereocenters. The summed E-state index contributed by atoms with van der Waals surface area (Å²) in [5.74, 6) is 0. The van der Waals surface area contributed by atoms with Crippen molar-refractivity contribution in [1.82, 2.24) is 9.91 Å². The lowest BCUT2D eigenvalue weighted by Gasteiger charge is -2.33. The van der Waals surface area contributed by atoms with Gasteiger partial charge in [-0.05, 0) is 36.1 Å². The number of aryl methyl sites for hydroxylation is 1. The van der Waals surface area contributed by atoms with E-state index in [-0.39, 0.29) is 0 Å². The van der Waals surface area contributed by atoms with E-state index in [1.165, 1.54) is 27.8 Å². The van der Waals surface area contributed by atoms with Gasteiger partial charge in [0.25, 0.3) is 0 Å². The van der Waals surface area contributed by atoms with Gasteiger partial charge in [-0.2, -0.15) is 5.10 Å². The molecule has 29 heavy (non-hydrogen) atoms. The van der Waals surface area contributed by atoms with Crippen molar-refractivity contribution in [2.45, 2.75) is 20.4 Å². The summed E-state index contributed by atoms with van der Waals surface area (Å²) in [7, 11) is 0. The van der Waals surface area contributed by atoms with Crippen molar-refractivity contribution in [2.75, 3.05) is 26.2 Å². The maximum atomic E-state index is 4.89. The molecule has 3 heteroatoms. The van der Waals surface area contributed by atoms with E-state index in [0.29, 0.717) is 0 Å². The van der Waals surface area contributed by atoms with E-state index in [1.54, 1.807) is 0 Å². The van der Waals surface area contributed by atoms with Gasteiger partial charge in [0.2, 0.25) is 0 Å². The van der Waals surface area contributed by atoms with E-state index in [2.05, 4.69) is 103 Å². The van der Waals surface area contributed by atoms with Gasteiger partial charge >= 0.3 is 0 Å². The summed E-state index contributed by atoms with van der Waals surface area (Å²) in [6.45, 7) is 9.33. The van der Waals surface area contributed by atoms with Gasteiger partial charge in [0, 0.05) is 32.7 Å². The minimum absolute atomic E-state index is 0.977. The summed E-state index contributed by atoms with van der Waals surface area (Å²) in [4.78, 5) is 2.51. The Morgan fingerprint density at radius 1 is 0.759 bits per heavy atom. The Balaban J connectivity index is 1.33. The molecule has 1 aliphatic rings. The molecule has 0 N–H and O–H groups in total. The highest BCUT2D eigenvalue weighted by molar-refractivity contribution is 5.98. The van der Waals surface area contributed by atoms with Crippen LogP contribution in [-0.2, 0) is 6.54 Å². The second-order valence-corrected chi connectivity index (χ2v) is 7.84. The first-order valence-electron chi connectivity index (χ1n) is 10.4. The topological polar surface area (TPSA) is 18.8 Å². The summed E-state index contributed by atoms with van der Waals surface area (Å²) in [5, 5.41) is 7.10. The van der Waals surface area contributed by atoms with Crippen molar-refractivity contribution in [1.29, 1.82) is 0 Å². The summed E-state index contributed by atoms with van der Waals surface area (Å²) >= 11 is 0. The number of hydrazone groups is 1. The molecule has 148 valence electrons. The Bertz CT molecular complexity index is 936. The molecule has 3 aromatic rings. The third kappa shape index (κ3) is 5.12.